The van der Waals surface area contributed by atoms with Crippen LogP contribution in [0.15, 0.2) is 24.3 Å². The summed E-state index contributed by atoms with van der Waals surface area (Å²) in [4.78, 5) is 0. The molecule has 3 rings (SSSR count). The number of aliphatic hydroxyl groups is 1. The number of aliphatic hydroxyl groups excluding tert-OH is 1. The quantitative estimate of drug-likeness (QED) is 0.834. The van der Waals surface area contributed by atoms with E-state index in [-0.39, 0.29) is 6.10 Å². The van der Waals surface area contributed by atoms with Crippen LogP contribution in [0, 0.1) is 0 Å². The molecule has 1 fully saturated rings. The maximum Gasteiger partial charge on any atom is 0.0841 e. The lowest BCUT2D eigenvalue weighted by molar-refractivity contribution is 0.0618. The molecule has 0 radical (unpaired) electrons. The van der Waals surface area contributed by atoms with E-state index in [4.69, 9.17) is 0 Å². The molecule has 4 heteroatoms. The van der Waals surface area contributed by atoms with E-state index in [0.29, 0.717) is 6.04 Å². The molecule has 1 aromatic carbocycles. The first-order valence-corrected chi connectivity index (χ1v) is 6.06. The van der Waals surface area contributed by atoms with Crippen LogP contribution < -0.4 is 5.32 Å². The molecule has 0 amide bonds. The van der Waals surface area contributed by atoms with Crippen molar-refractivity contribution in [2.75, 3.05) is 0 Å². The molecule has 0 bridgehead atoms. The predicted octanol–water partition coefficient (Wildman–Crippen LogP) is 1.19. The van der Waals surface area contributed by atoms with Gasteiger partial charge in [0.05, 0.1) is 17.3 Å². The van der Waals surface area contributed by atoms with Gasteiger partial charge in [0.1, 0.15) is 0 Å². The van der Waals surface area contributed by atoms with Crippen LogP contribution >= 0.6 is 0 Å². The van der Waals surface area contributed by atoms with Gasteiger partial charge in [-0.25, -0.2) is 0 Å². The van der Waals surface area contributed by atoms with Crippen molar-refractivity contribution in [1.29, 1.82) is 0 Å². The van der Waals surface area contributed by atoms with Crippen LogP contribution in [0.2, 0.25) is 0 Å². The Labute approximate surface area is 100 Å². The van der Waals surface area contributed by atoms with Gasteiger partial charge in [0, 0.05) is 25.0 Å². The Kier molecular flexibility index (Phi) is 2.61. The first-order chi connectivity index (χ1) is 8.24. The first kappa shape index (κ1) is 10.7. The molecule has 0 unspecified atom stereocenters. The summed E-state index contributed by atoms with van der Waals surface area (Å²) in [6, 6.07) is 8.71. The number of aryl methyl sites for hydroxylation is 1. The SMILES string of the molecule is Cn1nc(CNC2CC(O)C2)c2ccccc21. The van der Waals surface area contributed by atoms with Gasteiger partial charge in [-0.15, -0.1) is 0 Å². The normalized spacial score (nSPS) is 23.9. The summed E-state index contributed by atoms with van der Waals surface area (Å²) in [5.41, 5.74) is 2.25. The van der Waals surface area contributed by atoms with Crippen LogP contribution in [-0.4, -0.2) is 27.0 Å². The second-order valence-electron chi connectivity index (χ2n) is 4.79. The number of hydrogen-bond acceptors (Lipinski definition) is 3. The van der Waals surface area contributed by atoms with Crippen LogP contribution in [0.4, 0.5) is 0 Å². The van der Waals surface area contributed by atoms with Crippen molar-refractivity contribution in [3.63, 3.8) is 0 Å². The molecule has 2 N–H and O–H groups in total. The van der Waals surface area contributed by atoms with Gasteiger partial charge in [-0.3, -0.25) is 4.68 Å². The average molecular weight is 231 g/mol. The van der Waals surface area contributed by atoms with Crippen molar-refractivity contribution < 1.29 is 5.11 Å². The summed E-state index contributed by atoms with van der Waals surface area (Å²) in [5, 5.41) is 18.4. The molecule has 1 saturated carbocycles. The van der Waals surface area contributed by atoms with Gasteiger partial charge in [0.2, 0.25) is 0 Å². The predicted molar refractivity (Wildman–Crippen MR) is 66.6 cm³/mol. The summed E-state index contributed by atoms with van der Waals surface area (Å²) in [6.45, 7) is 0.777. The molecule has 0 atom stereocenters. The molecule has 0 aliphatic heterocycles. The molecule has 17 heavy (non-hydrogen) atoms. The number of rotatable bonds is 3. The Morgan fingerprint density at radius 2 is 2.18 bits per heavy atom. The third kappa shape index (κ3) is 1.94. The summed E-state index contributed by atoms with van der Waals surface area (Å²) < 4.78 is 1.92. The average Bonchev–Trinajstić information content (AvgIpc) is 2.61. The van der Waals surface area contributed by atoms with E-state index in [0.717, 1.165) is 30.6 Å². The molecular weight excluding hydrogens is 214 g/mol. The number of nitrogens with one attached hydrogen (secondary N) is 1. The first-order valence-electron chi connectivity index (χ1n) is 6.06. The van der Waals surface area contributed by atoms with Gasteiger partial charge >= 0.3 is 0 Å². The minimum absolute atomic E-state index is 0.104. The van der Waals surface area contributed by atoms with Crippen molar-refractivity contribution in [2.45, 2.75) is 31.5 Å². The fourth-order valence-electron chi connectivity index (χ4n) is 2.41. The molecule has 1 aliphatic rings. The molecule has 0 spiro atoms. The fraction of sp³-hybridized carbons (Fsp3) is 0.462. The van der Waals surface area contributed by atoms with E-state index >= 15 is 0 Å². The number of para-hydroxylation sites is 1. The molecule has 2 aromatic rings. The smallest absolute Gasteiger partial charge is 0.0841 e. The Bertz CT molecular complexity index is 528. The molecule has 0 saturated heterocycles. The Morgan fingerprint density at radius 3 is 2.94 bits per heavy atom. The van der Waals surface area contributed by atoms with Crippen LogP contribution in [0.3, 0.4) is 0 Å². The summed E-state index contributed by atoms with van der Waals surface area (Å²) >= 11 is 0. The van der Waals surface area contributed by atoms with Crippen LogP contribution in [0.25, 0.3) is 10.9 Å². The van der Waals surface area contributed by atoms with Crippen molar-refractivity contribution >= 4 is 10.9 Å². The summed E-state index contributed by atoms with van der Waals surface area (Å²) in [6.07, 6.45) is 1.63. The third-order valence-electron chi connectivity index (χ3n) is 3.51. The van der Waals surface area contributed by atoms with E-state index in [1.54, 1.807) is 0 Å². The zero-order valence-electron chi connectivity index (χ0n) is 9.93. The van der Waals surface area contributed by atoms with E-state index in [1.807, 2.05) is 23.9 Å². The highest BCUT2D eigenvalue weighted by Gasteiger charge is 2.26. The number of hydrogen-bond donors (Lipinski definition) is 2. The lowest BCUT2D eigenvalue weighted by Crippen LogP contribution is -2.43. The molecule has 4 nitrogen and oxygen atoms in total. The monoisotopic (exact) mass is 231 g/mol. The highest BCUT2D eigenvalue weighted by molar-refractivity contribution is 5.81. The van der Waals surface area contributed by atoms with Crippen LogP contribution in [-0.2, 0) is 13.6 Å². The van der Waals surface area contributed by atoms with E-state index < -0.39 is 0 Å². The maximum absolute atomic E-state index is 9.23. The van der Waals surface area contributed by atoms with E-state index in [1.165, 1.54) is 5.39 Å². The van der Waals surface area contributed by atoms with Crippen molar-refractivity contribution in [3.05, 3.63) is 30.0 Å². The maximum atomic E-state index is 9.23. The molecular formula is C13H17N3O. The van der Waals surface area contributed by atoms with Crippen molar-refractivity contribution in [2.24, 2.45) is 7.05 Å². The number of benzene rings is 1. The lowest BCUT2D eigenvalue weighted by atomic mass is 9.89. The lowest BCUT2D eigenvalue weighted by Gasteiger charge is -2.31. The van der Waals surface area contributed by atoms with E-state index in [2.05, 4.69) is 22.5 Å². The Balaban J connectivity index is 1.76. The van der Waals surface area contributed by atoms with Gasteiger partial charge in [-0.2, -0.15) is 5.10 Å². The van der Waals surface area contributed by atoms with Gasteiger partial charge in [-0.05, 0) is 18.9 Å². The number of fused-ring (bicyclic) bond motifs is 1. The largest absolute Gasteiger partial charge is 0.393 e. The second kappa shape index (κ2) is 4.13. The number of nitrogens with zero attached hydrogens (tertiary/aromatic N) is 2. The molecule has 1 heterocycles. The molecule has 1 aromatic heterocycles. The topological polar surface area (TPSA) is 50.1 Å². The minimum Gasteiger partial charge on any atom is -0.393 e. The van der Waals surface area contributed by atoms with Crippen molar-refractivity contribution in [1.82, 2.24) is 15.1 Å². The Hall–Kier alpha value is -1.39. The van der Waals surface area contributed by atoms with Crippen molar-refractivity contribution in [3.8, 4) is 0 Å². The van der Waals surface area contributed by atoms with Gasteiger partial charge in [0.15, 0.2) is 0 Å². The standard InChI is InChI=1S/C13H17N3O/c1-16-13-5-3-2-4-11(13)12(15-16)8-14-9-6-10(17)7-9/h2-5,9-10,14,17H,6-8H2,1H3. The minimum atomic E-state index is -0.104. The van der Waals surface area contributed by atoms with Crippen LogP contribution in [0.5, 0.6) is 0 Å². The van der Waals surface area contributed by atoms with Crippen LogP contribution in [0.1, 0.15) is 18.5 Å². The van der Waals surface area contributed by atoms with Gasteiger partial charge < -0.3 is 10.4 Å². The zero-order chi connectivity index (χ0) is 11.8. The third-order valence-corrected chi connectivity index (χ3v) is 3.51. The fourth-order valence-corrected chi connectivity index (χ4v) is 2.41. The van der Waals surface area contributed by atoms with Gasteiger partial charge in [0.25, 0.3) is 0 Å². The summed E-state index contributed by atoms with van der Waals surface area (Å²) in [7, 11) is 1.97. The highest BCUT2D eigenvalue weighted by Crippen LogP contribution is 2.21. The summed E-state index contributed by atoms with van der Waals surface area (Å²) in [5.74, 6) is 0. The highest BCUT2D eigenvalue weighted by atomic mass is 16.3. The Morgan fingerprint density at radius 1 is 1.41 bits per heavy atom. The second-order valence-corrected chi connectivity index (χ2v) is 4.79. The van der Waals surface area contributed by atoms with Gasteiger partial charge in [-0.1, -0.05) is 18.2 Å². The zero-order valence-corrected chi connectivity index (χ0v) is 9.93. The molecule has 90 valence electrons. The van der Waals surface area contributed by atoms with E-state index in [9.17, 15) is 5.11 Å². The number of aromatic nitrogens is 2. The molecule has 1 aliphatic carbocycles.